The van der Waals surface area contributed by atoms with Crippen LogP contribution in [-0.4, -0.2) is 70.9 Å². The molecule has 1 aromatic carbocycles. The number of hydrogen-bond donors (Lipinski definition) is 1. The highest BCUT2D eigenvalue weighted by Crippen LogP contribution is 2.31. The highest BCUT2D eigenvalue weighted by molar-refractivity contribution is 5.78. The summed E-state index contributed by atoms with van der Waals surface area (Å²) in [4.78, 5) is 16.2. The zero-order valence-corrected chi connectivity index (χ0v) is 16.8. The number of benzene rings is 1. The first kappa shape index (κ1) is 19.4. The van der Waals surface area contributed by atoms with E-state index in [0.717, 1.165) is 67.8 Å². The number of anilines is 1. The monoisotopic (exact) mass is 394 g/mol. The quantitative estimate of drug-likeness (QED) is 0.659. The van der Waals surface area contributed by atoms with Crippen LogP contribution in [0.15, 0.2) is 42.9 Å². The minimum atomic E-state index is 0.600. The number of rotatable bonds is 7. The van der Waals surface area contributed by atoms with Crippen LogP contribution >= 0.6 is 0 Å². The Morgan fingerprint density at radius 1 is 1.21 bits per heavy atom. The molecular formula is C21H26N6O2. The van der Waals surface area contributed by atoms with E-state index in [-0.39, 0.29) is 0 Å². The second kappa shape index (κ2) is 9.02. The van der Waals surface area contributed by atoms with Gasteiger partial charge in [0.25, 0.3) is 0 Å². The number of nitrogens with one attached hydrogen (secondary N) is 1. The predicted molar refractivity (Wildman–Crippen MR) is 112 cm³/mol. The molecule has 0 saturated carbocycles. The first-order chi connectivity index (χ1) is 14.2. The number of morpholine rings is 1. The molecule has 0 radical (unpaired) electrons. The topological polar surface area (TPSA) is 77.3 Å². The van der Waals surface area contributed by atoms with Gasteiger partial charge < -0.3 is 19.4 Å². The molecule has 3 aromatic rings. The molecule has 0 atom stereocenters. The summed E-state index contributed by atoms with van der Waals surface area (Å²) >= 11 is 0. The summed E-state index contributed by atoms with van der Waals surface area (Å²) in [6, 6.07) is 7.90. The number of imidazole rings is 1. The van der Waals surface area contributed by atoms with Crippen molar-refractivity contribution in [2.45, 2.75) is 0 Å². The maximum atomic E-state index is 5.40. The fourth-order valence-corrected chi connectivity index (χ4v) is 3.38. The minimum absolute atomic E-state index is 0.600. The summed E-state index contributed by atoms with van der Waals surface area (Å²) in [5.74, 6) is 2.19. The third-order valence-electron chi connectivity index (χ3n) is 5.02. The van der Waals surface area contributed by atoms with Gasteiger partial charge in [-0.2, -0.15) is 0 Å². The Morgan fingerprint density at radius 3 is 2.83 bits per heavy atom. The van der Waals surface area contributed by atoms with E-state index in [9.17, 15) is 0 Å². The van der Waals surface area contributed by atoms with Crippen molar-refractivity contribution >= 4 is 5.95 Å². The van der Waals surface area contributed by atoms with Gasteiger partial charge in [-0.1, -0.05) is 12.1 Å². The van der Waals surface area contributed by atoms with E-state index in [1.807, 2.05) is 48.3 Å². The van der Waals surface area contributed by atoms with Gasteiger partial charge in [-0.25, -0.2) is 15.0 Å². The van der Waals surface area contributed by atoms with Gasteiger partial charge in [0.05, 0.1) is 20.3 Å². The standard InChI is InChI=1S/C21H26N6O2/c1-26-8-6-22-20(26)19-18(16-4-3-5-17(14-16)28-2)15-24-21(25-19)23-7-9-27-10-12-29-13-11-27/h3-6,8,14-15H,7,9-13H2,1-2H3,(H,23,24,25). The van der Waals surface area contributed by atoms with Gasteiger partial charge in [0, 0.05) is 57.4 Å². The lowest BCUT2D eigenvalue weighted by Crippen LogP contribution is -2.39. The molecule has 1 saturated heterocycles. The van der Waals surface area contributed by atoms with Crippen molar-refractivity contribution in [1.82, 2.24) is 24.4 Å². The van der Waals surface area contributed by atoms with E-state index in [4.69, 9.17) is 14.5 Å². The van der Waals surface area contributed by atoms with Crippen molar-refractivity contribution in [1.29, 1.82) is 0 Å². The average molecular weight is 394 g/mol. The van der Waals surface area contributed by atoms with Gasteiger partial charge >= 0.3 is 0 Å². The molecular weight excluding hydrogens is 368 g/mol. The fraction of sp³-hybridized carbons (Fsp3) is 0.381. The van der Waals surface area contributed by atoms with E-state index < -0.39 is 0 Å². The Morgan fingerprint density at radius 2 is 2.07 bits per heavy atom. The molecule has 0 amide bonds. The van der Waals surface area contributed by atoms with Crippen LogP contribution in [0.4, 0.5) is 5.95 Å². The molecule has 3 heterocycles. The smallest absolute Gasteiger partial charge is 0.223 e. The molecule has 0 spiro atoms. The molecule has 0 unspecified atom stereocenters. The molecule has 0 bridgehead atoms. The molecule has 1 aliphatic heterocycles. The maximum Gasteiger partial charge on any atom is 0.223 e. The highest BCUT2D eigenvalue weighted by Gasteiger charge is 2.16. The van der Waals surface area contributed by atoms with E-state index in [0.29, 0.717) is 5.95 Å². The van der Waals surface area contributed by atoms with Crippen LogP contribution < -0.4 is 10.1 Å². The Labute approximate surface area is 170 Å². The normalized spacial score (nSPS) is 14.7. The first-order valence-electron chi connectivity index (χ1n) is 9.78. The van der Waals surface area contributed by atoms with E-state index in [2.05, 4.69) is 20.2 Å². The number of hydrogen-bond acceptors (Lipinski definition) is 7. The van der Waals surface area contributed by atoms with Crippen LogP contribution in [0.5, 0.6) is 5.75 Å². The van der Waals surface area contributed by atoms with Crippen LogP contribution in [0.25, 0.3) is 22.6 Å². The maximum absolute atomic E-state index is 5.40. The van der Waals surface area contributed by atoms with Crippen molar-refractivity contribution in [3.05, 3.63) is 42.9 Å². The summed E-state index contributed by atoms with van der Waals surface area (Å²) in [5.41, 5.74) is 2.69. The summed E-state index contributed by atoms with van der Waals surface area (Å²) in [5, 5.41) is 3.35. The van der Waals surface area contributed by atoms with Crippen LogP contribution in [0, 0.1) is 0 Å². The number of ether oxygens (including phenoxy) is 2. The predicted octanol–water partition coefficient (Wildman–Crippen LogP) is 2.30. The van der Waals surface area contributed by atoms with E-state index >= 15 is 0 Å². The van der Waals surface area contributed by atoms with Gasteiger partial charge in [0.1, 0.15) is 11.4 Å². The first-order valence-corrected chi connectivity index (χ1v) is 9.78. The summed E-state index contributed by atoms with van der Waals surface area (Å²) in [7, 11) is 3.63. The highest BCUT2D eigenvalue weighted by atomic mass is 16.5. The minimum Gasteiger partial charge on any atom is -0.497 e. The van der Waals surface area contributed by atoms with Crippen LogP contribution in [0.1, 0.15) is 0 Å². The van der Waals surface area contributed by atoms with Crippen molar-refractivity contribution < 1.29 is 9.47 Å². The summed E-state index contributed by atoms with van der Waals surface area (Å²) in [6.07, 6.45) is 5.54. The molecule has 1 N–H and O–H groups in total. The molecule has 1 aliphatic rings. The van der Waals surface area contributed by atoms with Crippen LogP contribution in [0.2, 0.25) is 0 Å². The molecule has 0 aliphatic carbocycles. The van der Waals surface area contributed by atoms with Gasteiger partial charge in [0.15, 0.2) is 5.82 Å². The second-order valence-corrected chi connectivity index (χ2v) is 6.93. The van der Waals surface area contributed by atoms with Crippen molar-refractivity contribution in [3.63, 3.8) is 0 Å². The van der Waals surface area contributed by atoms with Crippen LogP contribution in [0.3, 0.4) is 0 Å². The number of aryl methyl sites for hydroxylation is 1. The lowest BCUT2D eigenvalue weighted by Gasteiger charge is -2.26. The van der Waals surface area contributed by atoms with Gasteiger partial charge in [-0.15, -0.1) is 0 Å². The number of aromatic nitrogens is 4. The number of methoxy groups -OCH3 is 1. The molecule has 1 fully saturated rings. The SMILES string of the molecule is COc1cccc(-c2cnc(NCCN3CCOCC3)nc2-c2nccn2C)c1. The van der Waals surface area contributed by atoms with Crippen molar-refractivity contribution in [3.8, 4) is 28.4 Å². The second-order valence-electron chi connectivity index (χ2n) is 6.93. The van der Waals surface area contributed by atoms with Gasteiger partial charge in [0.2, 0.25) is 5.95 Å². The zero-order valence-electron chi connectivity index (χ0n) is 16.8. The Kier molecular flexibility index (Phi) is 6.02. The summed E-state index contributed by atoms with van der Waals surface area (Å²) in [6.45, 7) is 5.25. The third-order valence-corrected chi connectivity index (χ3v) is 5.02. The molecule has 4 rings (SSSR count). The number of nitrogens with zero attached hydrogens (tertiary/aromatic N) is 5. The van der Waals surface area contributed by atoms with Crippen molar-refractivity contribution in [2.75, 3.05) is 51.8 Å². The Balaban J connectivity index is 1.59. The lowest BCUT2D eigenvalue weighted by atomic mass is 10.0. The average Bonchev–Trinajstić information content (AvgIpc) is 3.20. The molecule has 8 heteroatoms. The fourth-order valence-electron chi connectivity index (χ4n) is 3.38. The molecule has 2 aromatic heterocycles. The van der Waals surface area contributed by atoms with Gasteiger partial charge in [-0.05, 0) is 17.7 Å². The van der Waals surface area contributed by atoms with E-state index in [1.54, 1.807) is 13.3 Å². The molecule has 29 heavy (non-hydrogen) atoms. The third kappa shape index (κ3) is 4.55. The van der Waals surface area contributed by atoms with Gasteiger partial charge in [-0.3, -0.25) is 4.90 Å². The Hall–Kier alpha value is -2.97. The Bertz CT molecular complexity index is 952. The van der Waals surface area contributed by atoms with Crippen LogP contribution in [-0.2, 0) is 11.8 Å². The largest absolute Gasteiger partial charge is 0.497 e. The molecule has 8 nitrogen and oxygen atoms in total. The summed E-state index contributed by atoms with van der Waals surface area (Å²) < 4.78 is 12.7. The van der Waals surface area contributed by atoms with Crippen molar-refractivity contribution in [2.24, 2.45) is 7.05 Å². The molecule has 152 valence electrons. The van der Waals surface area contributed by atoms with E-state index in [1.165, 1.54) is 0 Å². The lowest BCUT2D eigenvalue weighted by molar-refractivity contribution is 0.0398. The zero-order chi connectivity index (χ0) is 20.1.